The molecule has 0 aliphatic heterocycles. The minimum atomic E-state index is -3.94. The highest BCUT2D eigenvalue weighted by atomic mass is 35.7. The van der Waals surface area contributed by atoms with Crippen molar-refractivity contribution in [3.05, 3.63) is 118 Å². The molecule has 0 aromatic heterocycles. The first-order chi connectivity index (χ1) is 19.2. The van der Waals surface area contributed by atoms with Crippen LogP contribution in [0.5, 0.6) is 23.0 Å². The molecule has 41 heavy (non-hydrogen) atoms. The summed E-state index contributed by atoms with van der Waals surface area (Å²) in [5.74, 6) is 1.52. The summed E-state index contributed by atoms with van der Waals surface area (Å²) in [6.45, 7) is 3.64. The van der Waals surface area contributed by atoms with E-state index in [9.17, 15) is 9.13 Å². The molecule has 6 nitrogen and oxygen atoms in total. The molecule has 2 atom stereocenters. The van der Waals surface area contributed by atoms with E-state index in [1.54, 1.807) is 24.3 Å². The Labute approximate surface area is 251 Å². The molecule has 216 valence electrons. The SMILES string of the molecule is Cc1cccc(C)c1OP(=O)(Cl)Oc1ccc(C(C)(C)c2ccc(OP(=O)(Cl)Oc3c(C)cccc3C)cc2)cc1. The molecule has 10 heteroatoms. The van der Waals surface area contributed by atoms with E-state index in [0.29, 0.717) is 23.0 Å². The number of hydrogen-bond donors (Lipinski definition) is 0. The summed E-state index contributed by atoms with van der Waals surface area (Å²) < 4.78 is 48.0. The van der Waals surface area contributed by atoms with Crippen molar-refractivity contribution in [2.75, 3.05) is 0 Å². The predicted octanol–water partition coefficient (Wildman–Crippen LogP) is 10.9. The van der Waals surface area contributed by atoms with Crippen molar-refractivity contribution in [2.24, 2.45) is 0 Å². The summed E-state index contributed by atoms with van der Waals surface area (Å²) >= 11 is 12.3. The molecule has 4 aromatic carbocycles. The first-order valence-electron chi connectivity index (χ1n) is 12.9. The van der Waals surface area contributed by atoms with Gasteiger partial charge >= 0.3 is 13.9 Å². The van der Waals surface area contributed by atoms with Crippen LogP contribution < -0.4 is 18.1 Å². The molecule has 0 N–H and O–H groups in total. The van der Waals surface area contributed by atoms with Crippen LogP contribution in [0.4, 0.5) is 0 Å². The van der Waals surface area contributed by atoms with Crippen molar-refractivity contribution in [1.82, 2.24) is 0 Å². The maximum atomic E-state index is 12.9. The Morgan fingerprint density at radius 2 is 0.805 bits per heavy atom. The highest BCUT2D eigenvalue weighted by Crippen LogP contribution is 2.55. The van der Waals surface area contributed by atoms with Crippen LogP contribution in [0.25, 0.3) is 0 Å². The molecule has 0 saturated heterocycles. The number of hydrogen-bond acceptors (Lipinski definition) is 6. The lowest BCUT2D eigenvalue weighted by Gasteiger charge is -2.27. The zero-order chi connectivity index (χ0) is 30.0. The number of para-hydroxylation sites is 2. The lowest BCUT2D eigenvalue weighted by Crippen LogP contribution is -2.18. The lowest BCUT2D eigenvalue weighted by atomic mass is 9.78. The van der Waals surface area contributed by atoms with Gasteiger partial charge < -0.3 is 18.1 Å². The van der Waals surface area contributed by atoms with E-state index in [-0.39, 0.29) is 0 Å². The number of aryl methyl sites for hydroxylation is 4. The van der Waals surface area contributed by atoms with E-state index in [0.717, 1.165) is 33.4 Å². The molecule has 0 aliphatic carbocycles. The second-order valence-electron chi connectivity index (χ2n) is 10.3. The van der Waals surface area contributed by atoms with Crippen LogP contribution >= 0.6 is 36.4 Å². The molecular weight excluding hydrogens is 601 g/mol. The van der Waals surface area contributed by atoms with Crippen molar-refractivity contribution in [3.63, 3.8) is 0 Å². The monoisotopic (exact) mass is 632 g/mol. The van der Waals surface area contributed by atoms with Gasteiger partial charge in [-0.25, -0.2) is 9.13 Å². The van der Waals surface area contributed by atoms with Crippen LogP contribution in [0.15, 0.2) is 84.9 Å². The average Bonchev–Trinajstić information content (AvgIpc) is 2.89. The molecular formula is C31H32Cl2O6P2. The van der Waals surface area contributed by atoms with Crippen LogP contribution in [0.2, 0.25) is 0 Å². The normalized spacial score (nSPS) is 14.4. The van der Waals surface area contributed by atoms with Gasteiger partial charge in [0.05, 0.1) is 0 Å². The van der Waals surface area contributed by atoms with Crippen LogP contribution in [-0.4, -0.2) is 0 Å². The Morgan fingerprint density at radius 1 is 0.512 bits per heavy atom. The Balaban J connectivity index is 1.44. The summed E-state index contributed by atoms with van der Waals surface area (Å²) in [7, 11) is 0. The van der Waals surface area contributed by atoms with E-state index in [1.165, 1.54) is 0 Å². The molecule has 0 amide bonds. The Bertz CT molecular complexity index is 1470. The first-order valence-corrected chi connectivity index (χ1v) is 17.8. The fourth-order valence-corrected chi connectivity index (χ4v) is 7.15. The van der Waals surface area contributed by atoms with Crippen molar-refractivity contribution < 1.29 is 27.2 Å². The van der Waals surface area contributed by atoms with E-state index < -0.39 is 19.3 Å². The molecule has 0 radical (unpaired) electrons. The lowest BCUT2D eigenvalue weighted by molar-refractivity contribution is 0.402. The third kappa shape index (κ3) is 7.70. The smallest absolute Gasteiger partial charge is 0.405 e. The van der Waals surface area contributed by atoms with Gasteiger partial charge in [-0.1, -0.05) is 74.5 Å². The Hall–Kier alpha value is -2.88. The molecule has 0 saturated carbocycles. The molecule has 0 aliphatic rings. The van der Waals surface area contributed by atoms with Gasteiger partial charge in [-0.15, -0.1) is 0 Å². The van der Waals surface area contributed by atoms with Gasteiger partial charge in [-0.2, -0.15) is 0 Å². The van der Waals surface area contributed by atoms with Crippen LogP contribution in [0.1, 0.15) is 47.2 Å². The number of rotatable bonds is 10. The number of halogens is 2. The third-order valence-electron chi connectivity index (χ3n) is 6.80. The molecule has 0 fully saturated rings. The summed E-state index contributed by atoms with van der Waals surface area (Å²) in [6.07, 6.45) is 0. The molecule has 4 rings (SSSR count). The van der Waals surface area contributed by atoms with Crippen molar-refractivity contribution in [3.8, 4) is 23.0 Å². The van der Waals surface area contributed by atoms with Gasteiger partial charge in [0.15, 0.2) is 0 Å². The van der Waals surface area contributed by atoms with Gasteiger partial charge in [0.1, 0.15) is 23.0 Å². The van der Waals surface area contributed by atoms with E-state index in [1.807, 2.05) is 88.4 Å². The maximum absolute atomic E-state index is 12.9. The zero-order valence-corrected chi connectivity index (χ0v) is 27.0. The second kappa shape index (κ2) is 12.2. The standard InChI is InChI=1S/C31H32Cl2O6P2/c1-21-9-7-10-22(2)29(21)38-40(32,34)36-27-17-13-25(14-18-27)31(5,6)26-15-19-28(20-16-26)37-41(33,35)39-30-23(3)11-8-12-24(30)4/h7-20H,1-6H3. The number of benzene rings is 4. The van der Waals surface area contributed by atoms with Gasteiger partial charge in [-0.05, 0) is 85.3 Å². The van der Waals surface area contributed by atoms with Crippen molar-refractivity contribution >= 4 is 36.4 Å². The van der Waals surface area contributed by atoms with Crippen molar-refractivity contribution in [2.45, 2.75) is 47.0 Å². The minimum Gasteiger partial charge on any atom is -0.405 e. The van der Waals surface area contributed by atoms with E-state index in [2.05, 4.69) is 13.8 Å². The van der Waals surface area contributed by atoms with Crippen LogP contribution in [0, 0.1) is 27.7 Å². The van der Waals surface area contributed by atoms with Gasteiger partial charge in [0.2, 0.25) is 0 Å². The van der Waals surface area contributed by atoms with Gasteiger partial charge in [0, 0.05) is 27.9 Å². The fourth-order valence-electron chi connectivity index (χ4n) is 4.43. The second-order valence-corrected chi connectivity index (χ2v) is 15.3. The predicted molar refractivity (Wildman–Crippen MR) is 166 cm³/mol. The fraction of sp³-hybridized carbons (Fsp3) is 0.226. The summed E-state index contributed by atoms with van der Waals surface area (Å²) in [6, 6.07) is 25.5. The van der Waals surface area contributed by atoms with Crippen LogP contribution in [-0.2, 0) is 14.5 Å². The van der Waals surface area contributed by atoms with Gasteiger partial charge in [-0.3, -0.25) is 0 Å². The van der Waals surface area contributed by atoms with E-state index in [4.69, 9.17) is 40.6 Å². The molecule has 2 unspecified atom stereocenters. The topological polar surface area (TPSA) is 71.1 Å². The first kappa shape index (κ1) is 31.1. The zero-order valence-electron chi connectivity index (χ0n) is 23.7. The summed E-state index contributed by atoms with van der Waals surface area (Å²) in [5.41, 5.74) is 4.77. The van der Waals surface area contributed by atoms with Crippen LogP contribution in [0.3, 0.4) is 0 Å². The highest BCUT2D eigenvalue weighted by molar-refractivity contribution is 7.82. The van der Waals surface area contributed by atoms with Crippen molar-refractivity contribution in [1.29, 1.82) is 0 Å². The largest absolute Gasteiger partial charge is 0.530 e. The molecule has 4 aromatic rings. The van der Waals surface area contributed by atoms with E-state index >= 15 is 0 Å². The molecule has 0 spiro atoms. The quantitative estimate of drug-likeness (QED) is 0.162. The third-order valence-corrected chi connectivity index (χ3v) is 9.29. The average molecular weight is 633 g/mol. The maximum Gasteiger partial charge on any atom is 0.530 e. The van der Waals surface area contributed by atoms with Gasteiger partial charge in [0.25, 0.3) is 0 Å². The summed E-state index contributed by atoms with van der Waals surface area (Å²) in [5, 5.41) is 0. The molecule has 0 heterocycles. The Morgan fingerprint density at radius 3 is 1.10 bits per heavy atom. The highest BCUT2D eigenvalue weighted by Gasteiger charge is 2.29. The Kier molecular flexibility index (Phi) is 9.21. The molecule has 0 bridgehead atoms. The summed E-state index contributed by atoms with van der Waals surface area (Å²) in [4.78, 5) is 0. The minimum absolute atomic E-state index is 0.319.